The molecule has 2 aromatic carbocycles. The molecule has 0 saturated carbocycles. The molecule has 2 amide bonds. The maximum Gasteiger partial charge on any atom is 0.291 e. The second-order valence-electron chi connectivity index (χ2n) is 6.38. The molecule has 0 unspecified atom stereocenters. The molecule has 0 aliphatic carbocycles. The minimum Gasteiger partial charge on any atom is -0.469 e. The van der Waals surface area contributed by atoms with Crippen LogP contribution in [0.3, 0.4) is 0 Å². The number of amides is 2. The molecule has 0 bridgehead atoms. The number of hydrogen-bond acceptors (Lipinski definition) is 4. The number of carbonyl (C=O) groups excluding carboxylic acids is 2. The van der Waals surface area contributed by atoms with E-state index in [0.29, 0.717) is 40.6 Å². The lowest BCUT2D eigenvalue weighted by Gasteiger charge is -2.20. The summed E-state index contributed by atoms with van der Waals surface area (Å²) in [5.74, 6) is 0.726. The van der Waals surface area contributed by atoms with Crippen LogP contribution in [0.4, 0.5) is 5.69 Å². The molecule has 0 fully saturated rings. The molecule has 0 saturated heterocycles. The van der Waals surface area contributed by atoms with Crippen LogP contribution in [0.1, 0.15) is 21.7 Å². The Kier molecular flexibility index (Phi) is 5.35. The van der Waals surface area contributed by atoms with E-state index >= 15 is 0 Å². The SMILES string of the molecule is O=C1Nc2cc(C(=O)NCCc3ccco3)ccc2O/C1=C\c1ccccc1Cl. The van der Waals surface area contributed by atoms with Crippen LogP contribution >= 0.6 is 11.6 Å². The van der Waals surface area contributed by atoms with Gasteiger partial charge in [-0.15, -0.1) is 0 Å². The van der Waals surface area contributed by atoms with E-state index in [0.717, 1.165) is 5.76 Å². The standard InChI is InChI=1S/C22H17ClN2O4/c23-17-6-2-1-4-14(17)13-20-22(27)25-18-12-15(7-8-19(18)29-20)21(26)24-10-9-16-5-3-11-28-16/h1-8,11-13H,9-10H2,(H,24,26)(H,25,27)/b20-13-. The molecule has 4 rings (SSSR count). The van der Waals surface area contributed by atoms with Crippen molar-refractivity contribution in [2.75, 3.05) is 11.9 Å². The fourth-order valence-electron chi connectivity index (χ4n) is 2.89. The first kappa shape index (κ1) is 18.8. The van der Waals surface area contributed by atoms with Crippen molar-refractivity contribution in [1.82, 2.24) is 5.32 Å². The van der Waals surface area contributed by atoms with Crippen LogP contribution in [0, 0.1) is 0 Å². The van der Waals surface area contributed by atoms with E-state index in [4.69, 9.17) is 20.8 Å². The number of furan rings is 1. The summed E-state index contributed by atoms with van der Waals surface area (Å²) in [4.78, 5) is 24.8. The Morgan fingerprint density at radius 3 is 2.79 bits per heavy atom. The number of fused-ring (bicyclic) bond motifs is 1. The summed E-state index contributed by atoms with van der Waals surface area (Å²) in [6, 6.07) is 15.7. The van der Waals surface area contributed by atoms with Crippen molar-refractivity contribution in [3.8, 4) is 5.75 Å². The van der Waals surface area contributed by atoms with Gasteiger partial charge in [-0.05, 0) is 48.0 Å². The van der Waals surface area contributed by atoms with E-state index in [9.17, 15) is 9.59 Å². The monoisotopic (exact) mass is 408 g/mol. The van der Waals surface area contributed by atoms with E-state index in [-0.39, 0.29) is 11.7 Å². The highest BCUT2D eigenvalue weighted by Crippen LogP contribution is 2.33. The van der Waals surface area contributed by atoms with Gasteiger partial charge in [0, 0.05) is 23.6 Å². The molecule has 7 heteroatoms. The Balaban J connectivity index is 1.46. The zero-order chi connectivity index (χ0) is 20.2. The van der Waals surface area contributed by atoms with Crippen LogP contribution in [0.15, 0.2) is 71.0 Å². The molecule has 1 aliphatic heterocycles. The lowest BCUT2D eigenvalue weighted by Crippen LogP contribution is -2.27. The lowest BCUT2D eigenvalue weighted by atomic mass is 10.1. The lowest BCUT2D eigenvalue weighted by molar-refractivity contribution is -0.115. The Bertz CT molecular complexity index is 1090. The second kappa shape index (κ2) is 8.24. The number of nitrogens with one attached hydrogen (secondary N) is 2. The van der Waals surface area contributed by atoms with Gasteiger partial charge >= 0.3 is 0 Å². The van der Waals surface area contributed by atoms with Gasteiger partial charge in [0.15, 0.2) is 11.5 Å². The van der Waals surface area contributed by atoms with Crippen molar-refractivity contribution in [2.24, 2.45) is 0 Å². The third-order valence-corrected chi connectivity index (χ3v) is 4.71. The number of rotatable bonds is 5. The zero-order valence-corrected chi connectivity index (χ0v) is 16.0. The minimum absolute atomic E-state index is 0.126. The van der Waals surface area contributed by atoms with E-state index in [1.165, 1.54) is 0 Å². The van der Waals surface area contributed by atoms with Gasteiger partial charge in [-0.25, -0.2) is 0 Å². The first-order chi connectivity index (χ1) is 14.1. The Hall–Kier alpha value is -3.51. The normalized spacial score (nSPS) is 14.1. The molecule has 2 N–H and O–H groups in total. The fraction of sp³-hybridized carbons (Fsp3) is 0.0909. The highest BCUT2D eigenvalue weighted by atomic mass is 35.5. The maximum absolute atomic E-state index is 12.4. The molecule has 0 radical (unpaired) electrons. The maximum atomic E-state index is 12.4. The van der Waals surface area contributed by atoms with Crippen molar-refractivity contribution in [1.29, 1.82) is 0 Å². The number of anilines is 1. The quantitative estimate of drug-likeness (QED) is 0.617. The summed E-state index contributed by atoms with van der Waals surface area (Å²) < 4.78 is 11.0. The van der Waals surface area contributed by atoms with Crippen molar-refractivity contribution >= 4 is 35.2 Å². The third kappa shape index (κ3) is 4.33. The highest BCUT2D eigenvalue weighted by molar-refractivity contribution is 6.32. The van der Waals surface area contributed by atoms with E-state index in [2.05, 4.69) is 10.6 Å². The molecule has 0 atom stereocenters. The van der Waals surface area contributed by atoms with Gasteiger partial charge in [0.1, 0.15) is 5.76 Å². The molecular formula is C22H17ClN2O4. The predicted octanol–water partition coefficient (Wildman–Crippen LogP) is 4.28. The van der Waals surface area contributed by atoms with Crippen LogP contribution in [0.5, 0.6) is 5.75 Å². The molecular weight excluding hydrogens is 392 g/mol. The number of benzene rings is 2. The molecule has 0 spiro atoms. The summed E-state index contributed by atoms with van der Waals surface area (Å²) in [5, 5.41) is 6.09. The Morgan fingerprint density at radius 2 is 2.00 bits per heavy atom. The third-order valence-electron chi connectivity index (χ3n) is 4.36. The van der Waals surface area contributed by atoms with Gasteiger partial charge in [0.2, 0.25) is 0 Å². The van der Waals surface area contributed by atoms with E-state index < -0.39 is 5.91 Å². The van der Waals surface area contributed by atoms with Crippen molar-refractivity contribution in [3.05, 3.63) is 88.5 Å². The Morgan fingerprint density at radius 1 is 1.14 bits per heavy atom. The van der Waals surface area contributed by atoms with Gasteiger partial charge < -0.3 is 19.8 Å². The molecule has 6 nitrogen and oxygen atoms in total. The van der Waals surface area contributed by atoms with Gasteiger partial charge in [0.05, 0.1) is 12.0 Å². The summed E-state index contributed by atoms with van der Waals surface area (Å²) in [6.07, 6.45) is 3.77. The first-order valence-electron chi connectivity index (χ1n) is 9.00. The largest absolute Gasteiger partial charge is 0.469 e. The van der Waals surface area contributed by atoms with Crippen molar-refractivity contribution < 1.29 is 18.7 Å². The van der Waals surface area contributed by atoms with Crippen LogP contribution < -0.4 is 15.4 Å². The van der Waals surface area contributed by atoms with Crippen LogP contribution in [0.25, 0.3) is 6.08 Å². The molecule has 1 aliphatic rings. The van der Waals surface area contributed by atoms with E-state index in [1.54, 1.807) is 48.7 Å². The van der Waals surface area contributed by atoms with Gasteiger partial charge in [-0.1, -0.05) is 29.8 Å². The summed E-state index contributed by atoms with van der Waals surface area (Å²) >= 11 is 6.14. The zero-order valence-electron chi connectivity index (χ0n) is 15.3. The number of ether oxygens (including phenoxy) is 1. The molecule has 2 heterocycles. The predicted molar refractivity (Wildman–Crippen MR) is 110 cm³/mol. The van der Waals surface area contributed by atoms with Gasteiger partial charge in [0.25, 0.3) is 11.8 Å². The highest BCUT2D eigenvalue weighted by Gasteiger charge is 2.23. The summed E-state index contributed by atoms with van der Waals surface area (Å²) in [7, 11) is 0. The number of carbonyl (C=O) groups is 2. The van der Waals surface area contributed by atoms with Gasteiger partial charge in [-0.2, -0.15) is 0 Å². The fourth-order valence-corrected chi connectivity index (χ4v) is 3.08. The molecule has 146 valence electrons. The van der Waals surface area contributed by atoms with E-state index in [1.807, 2.05) is 18.2 Å². The summed E-state index contributed by atoms with van der Waals surface area (Å²) in [5.41, 5.74) is 1.53. The summed E-state index contributed by atoms with van der Waals surface area (Å²) in [6.45, 7) is 0.441. The average Bonchev–Trinajstić information content (AvgIpc) is 3.23. The average molecular weight is 409 g/mol. The number of hydrogen-bond donors (Lipinski definition) is 2. The minimum atomic E-state index is -0.409. The molecule has 1 aromatic heterocycles. The number of halogens is 1. The van der Waals surface area contributed by atoms with Crippen LogP contribution in [0.2, 0.25) is 5.02 Å². The Labute approximate surface area is 172 Å². The van der Waals surface area contributed by atoms with Crippen LogP contribution in [-0.4, -0.2) is 18.4 Å². The first-order valence-corrected chi connectivity index (χ1v) is 9.38. The smallest absolute Gasteiger partial charge is 0.291 e. The second-order valence-corrected chi connectivity index (χ2v) is 6.79. The van der Waals surface area contributed by atoms with Crippen molar-refractivity contribution in [2.45, 2.75) is 6.42 Å². The topological polar surface area (TPSA) is 80.6 Å². The van der Waals surface area contributed by atoms with Gasteiger partial charge in [-0.3, -0.25) is 9.59 Å². The molecule has 29 heavy (non-hydrogen) atoms. The van der Waals surface area contributed by atoms with Crippen molar-refractivity contribution in [3.63, 3.8) is 0 Å². The van der Waals surface area contributed by atoms with Crippen LogP contribution in [-0.2, 0) is 11.2 Å². The molecule has 3 aromatic rings.